The van der Waals surface area contributed by atoms with Crippen molar-refractivity contribution in [2.24, 2.45) is 4.99 Å². The first-order valence-electron chi connectivity index (χ1n) is 9.22. The highest BCUT2D eigenvalue weighted by molar-refractivity contribution is 5.86. The molecule has 1 rings (SSSR count). The molecule has 0 aromatic carbocycles. The van der Waals surface area contributed by atoms with Gasteiger partial charge in [0, 0.05) is 45.3 Å². The summed E-state index contributed by atoms with van der Waals surface area (Å²) in [5.41, 5.74) is -0.251. The zero-order valence-electron chi connectivity index (χ0n) is 16.8. The van der Waals surface area contributed by atoms with Crippen molar-refractivity contribution in [3.8, 4) is 0 Å². The predicted octanol–water partition coefficient (Wildman–Crippen LogP) is 2.04. The van der Waals surface area contributed by atoms with Crippen LogP contribution in [0.3, 0.4) is 0 Å². The van der Waals surface area contributed by atoms with E-state index in [4.69, 9.17) is 9.15 Å². The van der Waals surface area contributed by atoms with Crippen LogP contribution in [-0.2, 0) is 16.0 Å². The van der Waals surface area contributed by atoms with Crippen molar-refractivity contribution < 1.29 is 13.9 Å². The predicted molar refractivity (Wildman–Crippen MR) is 104 cm³/mol. The van der Waals surface area contributed by atoms with Crippen LogP contribution in [0.2, 0.25) is 0 Å². The molecule has 0 radical (unpaired) electrons. The molecule has 1 aromatic heterocycles. The monoisotopic (exact) mass is 366 g/mol. The topological polar surface area (TPSA) is 79.1 Å². The maximum absolute atomic E-state index is 12.2. The van der Waals surface area contributed by atoms with E-state index in [2.05, 4.69) is 15.6 Å². The number of aliphatic imine (C=N–C) groups is 1. The Balaban J connectivity index is 2.56. The fourth-order valence-corrected chi connectivity index (χ4v) is 2.31. The minimum absolute atomic E-state index is 0.0325. The fraction of sp³-hybridized carbons (Fsp3) is 0.684. The van der Waals surface area contributed by atoms with E-state index in [1.54, 1.807) is 6.26 Å². The normalized spacial score (nSPS) is 12.1. The highest BCUT2D eigenvalue weighted by Crippen LogP contribution is 2.01. The molecule has 26 heavy (non-hydrogen) atoms. The molecule has 0 atom stereocenters. The molecule has 0 spiro atoms. The average molecular weight is 367 g/mol. The Hall–Kier alpha value is -2.02. The summed E-state index contributed by atoms with van der Waals surface area (Å²) in [7, 11) is 1.86. The number of nitrogens with zero attached hydrogens (tertiary/aromatic N) is 2. The van der Waals surface area contributed by atoms with Gasteiger partial charge in [-0.1, -0.05) is 0 Å². The van der Waals surface area contributed by atoms with E-state index in [1.807, 2.05) is 51.8 Å². The molecule has 0 fully saturated rings. The molecule has 0 aliphatic carbocycles. The Morgan fingerprint density at radius 1 is 1.38 bits per heavy atom. The largest absolute Gasteiger partial charge is 0.469 e. The number of likely N-dealkylation sites (N-methyl/N-ethyl adjacent to an activating group) is 1. The van der Waals surface area contributed by atoms with Gasteiger partial charge in [-0.25, -0.2) is 0 Å². The number of carbonyl (C=O) groups excluding carboxylic acids is 1. The molecule has 1 heterocycles. The first-order valence-corrected chi connectivity index (χ1v) is 9.22. The van der Waals surface area contributed by atoms with Gasteiger partial charge in [0.1, 0.15) is 5.76 Å². The number of amides is 1. The molecular weight excluding hydrogens is 332 g/mol. The summed E-state index contributed by atoms with van der Waals surface area (Å²) in [5, 5.41) is 6.28. The lowest BCUT2D eigenvalue weighted by molar-refractivity contribution is -0.122. The second kappa shape index (κ2) is 11.6. The van der Waals surface area contributed by atoms with Gasteiger partial charge < -0.3 is 24.7 Å². The van der Waals surface area contributed by atoms with E-state index in [1.165, 1.54) is 0 Å². The Morgan fingerprint density at radius 2 is 2.15 bits per heavy atom. The van der Waals surface area contributed by atoms with Crippen molar-refractivity contribution >= 4 is 11.9 Å². The molecule has 0 saturated heterocycles. The Morgan fingerprint density at radius 3 is 2.77 bits per heavy atom. The van der Waals surface area contributed by atoms with Gasteiger partial charge >= 0.3 is 0 Å². The van der Waals surface area contributed by atoms with Gasteiger partial charge in [0.15, 0.2) is 5.96 Å². The van der Waals surface area contributed by atoms with Crippen LogP contribution in [0.4, 0.5) is 0 Å². The average Bonchev–Trinajstić information content (AvgIpc) is 3.04. The minimum atomic E-state index is -0.251. The third-order valence-corrected chi connectivity index (χ3v) is 3.40. The van der Waals surface area contributed by atoms with Crippen molar-refractivity contribution in [2.45, 2.75) is 46.1 Å². The highest BCUT2D eigenvalue weighted by atomic mass is 16.5. The van der Waals surface area contributed by atoms with Crippen LogP contribution in [0.25, 0.3) is 0 Å². The number of carbonyl (C=O) groups is 1. The lowest BCUT2D eigenvalue weighted by Crippen LogP contribution is -2.49. The molecule has 7 heteroatoms. The molecule has 7 nitrogen and oxygen atoms in total. The van der Waals surface area contributed by atoms with Crippen molar-refractivity contribution in [3.05, 3.63) is 24.2 Å². The Kier molecular flexibility index (Phi) is 9.80. The second-order valence-corrected chi connectivity index (χ2v) is 7.17. The minimum Gasteiger partial charge on any atom is -0.469 e. The Bertz CT molecular complexity index is 535. The van der Waals surface area contributed by atoms with Gasteiger partial charge in [0.25, 0.3) is 0 Å². The van der Waals surface area contributed by atoms with Crippen LogP contribution in [0.1, 0.15) is 39.9 Å². The lowest BCUT2D eigenvalue weighted by atomic mass is 10.1. The quantitative estimate of drug-likeness (QED) is 0.376. The fourth-order valence-electron chi connectivity index (χ4n) is 2.31. The third kappa shape index (κ3) is 10.1. The summed E-state index contributed by atoms with van der Waals surface area (Å²) >= 11 is 0. The zero-order chi connectivity index (χ0) is 19.4. The van der Waals surface area contributed by atoms with Crippen LogP contribution >= 0.6 is 0 Å². The van der Waals surface area contributed by atoms with Crippen LogP contribution in [0, 0.1) is 0 Å². The van der Waals surface area contributed by atoms with Gasteiger partial charge in [-0.15, -0.1) is 0 Å². The van der Waals surface area contributed by atoms with Crippen molar-refractivity contribution in [3.63, 3.8) is 0 Å². The summed E-state index contributed by atoms with van der Waals surface area (Å²) in [5.74, 6) is 1.59. The molecule has 148 valence electrons. The maximum Gasteiger partial charge on any atom is 0.240 e. The van der Waals surface area contributed by atoms with Gasteiger partial charge in [0.2, 0.25) is 5.91 Å². The standard InChI is InChI=1S/C19H34N4O3/c1-6-25-13-8-11-20-18(21-12-10-16-9-7-14-26-16)23(5)15-17(24)22-19(2,3)4/h7,9,14H,6,8,10-13,15H2,1-5H3,(H,20,21)(H,22,24). The molecule has 1 amide bonds. The van der Waals surface area contributed by atoms with Crippen LogP contribution in [0.5, 0.6) is 0 Å². The van der Waals surface area contributed by atoms with Crippen LogP contribution in [-0.4, -0.2) is 62.2 Å². The number of nitrogens with one attached hydrogen (secondary N) is 2. The number of furan rings is 1. The first kappa shape index (κ1) is 22.0. The molecular formula is C19H34N4O3. The van der Waals surface area contributed by atoms with Crippen LogP contribution in [0.15, 0.2) is 27.8 Å². The first-order chi connectivity index (χ1) is 12.3. The highest BCUT2D eigenvalue weighted by Gasteiger charge is 2.16. The molecule has 0 unspecified atom stereocenters. The second-order valence-electron chi connectivity index (χ2n) is 7.17. The third-order valence-electron chi connectivity index (χ3n) is 3.40. The molecule has 0 saturated carbocycles. The lowest BCUT2D eigenvalue weighted by Gasteiger charge is -2.25. The summed E-state index contributed by atoms with van der Waals surface area (Å²) < 4.78 is 10.7. The summed E-state index contributed by atoms with van der Waals surface area (Å²) in [6, 6.07) is 3.82. The summed E-state index contributed by atoms with van der Waals surface area (Å²) in [4.78, 5) is 18.6. The van der Waals surface area contributed by atoms with Crippen molar-refractivity contribution in [1.29, 1.82) is 0 Å². The van der Waals surface area contributed by atoms with E-state index in [0.29, 0.717) is 32.3 Å². The van der Waals surface area contributed by atoms with Gasteiger partial charge in [0.05, 0.1) is 12.8 Å². The van der Waals surface area contributed by atoms with Gasteiger partial charge in [-0.2, -0.15) is 0 Å². The molecule has 2 N–H and O–H groups in total. The molecule has 0 aliphatic rings. The van der Waals surface area contributed by atoms with Crippen molar-refractivity contribution in [2.75, 3.05) is 39.9 Å². The van der Waals surface area contributed by atoms with Crippen LogP contribution < -0.4 is 10.6 Å². The number of ether oxygens (including phenoxy) is 1. The van der Waals surface area contributed by atoms with Gasteiger partial charge in [-0.05, 0) is 46.2 Å². The zero-order valence-corrected chi connectivity index (χ0v) is 16.8. The van der Waals surface area contributed by atoms with E-state index in [-0.39, 0.29) is 18.0 Å². The molecule has 0 aliphatic heterocycles. The van der Waals surface area contributed by atoms with E-state index in [9.17, 15) is 4.79 Å². The van der Waals surface area contributed by atoms with E-state index < -0.39 is 0 Å². The maximum atomic E-state index is 12.2. The van der Waals surface area contributed by atoms with Crippen molar-refractivity contribution in [1.82, 2.24) is 15.5 Å². The molecule has 1 aromatic rings. The van der Waals surface area contributed by atoms with Gasteiger partial charge in [-0.3, -0.25) is 9.79 Å². The Labute approximate surface area is 157 Å². The van der Waals surface area contributed by atoms with E-state index in [0.717, 1.165) is 18.6 Å². The molecule has 0 bridgehead atoms. The summed E-state index contributed by atoms with van der Waals surface area (Å²) in [6.07, 6.45) is 3.27. The number of rotatable bonds is 10. The smallest absolute Gasteiger partial charge is 0.240 e. The number of guanidine groups is 1. The SMILES string of the molecule is CCOCCCN=C(NCCc1ccco1)N(C)CC(=O)NC(C)(C)C. The summed E-state index contributed by atoms with van der Waals surface area (Å²) in [6.45, 7) is 10.9. The number of hydrogen-bond acceptors (Lipinski definition) is 4. The number of hydrogen-bond donors (Lipinski definition) is 2. The van der Waals surface area contributed by atoms with E-state index >= 15 is 0 Å².